The smallest absolute Gasteiger partial charge is 0.371 e. The zero-order valence-corrected chi connectivity index (χ0v) is 17.5. The van der Waals surface area contributed by atoms with Gasteiger partial charge in [-0.05, 0) is 45.2 Å². The van der Waals surface area contributed by atoms with Crippen molar-refractivity contribution in [2.75, 3.05) is 25.6 Å². The second kappa shape index (κ2) is 11.1. The average Bonchev–Trinajstić information content (AvgIpc) is 2.43. The lowest BCUT2D eigenvalue weighted by atomic mass is 10.1. The molecular formula is C15H32N2O5SSi. The minimum Gasteiger partial charge on any atom is -0.371 e. The number of hydrogen-bond donors (Lipinski definition) is 1. The van der Waals surface area contributed by atoms with Crippen molar-refractivity contribution in [1.29, 1.82) is 0 Å². The van der Waals surface area contributed by atoms with Gasteiger partial charge in [0.05, 0.1) is 0 Å². The fourth-order valence-corrected chi connectivity index (χ4v) is 6.17. The molecule has 0 aromatic rings. The van der Waals surface area contributed by atoms with Crippen LogP contribution in [0.1, 0.15) is 48.0 Å². The highest BCUT2D eigenvalue weighted by Crippen LogP contribution is 2.22. The van der Waals surface area contributed by atoms with Crippen molar-refractivity contribution in [2.24, 2.45) is 15.4 Å². The lowest BCUT2D eigenvalue weighted by molar-refractivity contribution is -0.115. The van der Waals surface area contributed by atoms with Crippen LogP contribution < -0.4 is 5.14 Å². The maximum Gasteiger partial charge on any atom is 0.532 e. The fraction of sp³-hybridized carbons (Fsp3) is 0.800. The number of rotatable bonds is 11. The number of nitrogens with two attached hydrogens (primary N) is 1. The summed E-state index contributed by atoms with van der Waals surface area (Å²) >= 11 is 0. The monoisotopic (exact) mass is 380 g/mol. The third-order valence-corrected chi connectivity index (χ3v) is 7.91. The van der Waals surface area contributed by atoms with E-state index in [2.05, 4.69) is 4.36 Å². The summed E-state index contributed by atoms with van der Waals surface area (Å²) in [6.45, 7) is 12.3. The number of carbonyl (C=O) groups is 1. The molecule has 0 aromatic heterocycles. The van der Waals surface area contributed by atoms with Gasteiger partial charge in [-0.3, -0.25) is 4.79 Å². The van der Waals surface area contributed by atoms with Crippen LogP contribution in [0.5, 0.6) is 0 Å². The molecule has 142 valence electrons. The molecule has 0 aliphatic rings. The summed E-state index contributed by atoms with van der Waals surface area (Å²) in [6.07, 6.45) is 2.61. The van der Waals surface area contributed by atoms with Crippen molar-refractivity contribution >= 4 is 24.6 Å². The quantitative estimate of drug-likeness (QED) is 0.555. The standard InChI is InChI=1S/C15H32N2O5SSi/c1-7-20-24(21-8-2,22-9-3)14(5)11-10-13(4)12-23(16,19)17-15(6)18/h11,13H,7-10,12H2,1-6H3,(H2,16,17,18,19)/t13-,23-/m0/s1. The zero-order chi connectivity index (χ0) is 18.8. The molecule has 0 radical (unpaired) electrons. The molecule has 0 rings (SSSR count). The molecule has 24 heavy (non-hydrogen) atoms. The molecular weight excluding hydrogens is 348 g/mol. The van der Waals surface area contributed by atoms with Crippen LogP contribution >= 0.6 is 0 Å². The molecule has 2 atom stereocenters. The van der Waals surface area contributed by atoms with Crippen molar-refractivity contribution in [2.45, 2.75) is 48.0 Å². The van der Waals surface area contributed by atoms with Crippen LogP contribution in [0.4, 0.5) is 0 Å². The Morgan fingerprint density at radius 3 is 2.00 bits per heavy atom. The molecule has 0 unspecified atom stereocenters. The Morgan fingerprint density at radius 1 is 1.17 bits per heavy atom. The van der Waals surface area contributed by atoms with Crippen LogP contribution in [0.3, 0.4) is 0 Å². The number of nitrogens with zero attached hydrogens (tertiary/aromatic N) is 1. The number of amides is 1. The van der Waals surface area contributed by atoms with Gasteiger partial charge in [0, 0.05) is 32.5 Å². The molecule has 0 aromatic carbocycles. The molecule has 7 nitrogen and oxygen atoms in total. The van der Waals surface area contributed by atoms with Gasteiger partial charge in [0.1, 0.15) is 9.92 Å². The normalized spacial score (nSPS) is 16.5. The Kier molecular flexibility index (Phi) is 10.8. The lowest BCUT2D eigenvalue weighted by Crippen LogP contribution is -2.47. The van der Waals surface area contributed by atoms with Crippen LogP contribution in [-0.2, 0) is 28.0 Å². The Hall–Kier alpha value is -0.583. The predicted molar refractivity (Wildman–Crippen MR) is 98.5 cm³/mol. The van der Waals surface area contributed by atoms with E-state index in [1.807, 2.05) is 40.7 Å². The van der Waals surface area contributed by atoms with Crippen LogP contribution in [0.25, 0.3) is 0 Å². The van der Waals surface area contributed by atoms with Gasteiger partial charge in [0.2, 0.25) is 0 Å². The third kappa shape index (κ3) is 8.50. The minimum absolute atomic E-state index is 0.00266. The molecule has 0 spiro atoms. The van der Waals surface area contributed by atoms with Gasteiger partial charge in [-0.2, -0.15) is 0 Å². The lowest BCUT2D eigenvalue weighted by Gasteiger charge is -2.29. The SMILES string of the molecule is CCO[Si](OCC)(OCC)C(C)=CC[C@H](C)C[S@@](N)(=O)=NC(C)=O. The van der Waals surface area contributed by atoms with E-state index in [9.17, 15) is 9.00 Å². The predicted octanol–water partition coefficient (Wildman–Crippen LogP) is 2.43. The topological polar surface area (TPSA) is 100 Å². The maximum atomic E-state index is 12.1. The summed E-state index contributed by atoms with van der Waals surface area (Å²) in [5, 5.41) is 6.53. The molecule has 0 aliphatic heterocycles. The largest absolute Gasteiger partial charge is 0.532 e. The highest BCUT2D eigenvalue weighted by Gasteiger charge is 2.42. The van der Waals surface area contributed by atoms with Crippen LogP contribution in [0.2, 0.25) is 0 Å². The average molecular weight is 381 g/mol. The van der Waals surface area contributed by atoms with Gasteiger partial charge >= 0.3 is 8.80 Å². The van der Waals surface area contributed by atoms with E-state index in [-0.39, 0.29) is 11.7 Å². The van der Waals surface area contributed by atoms with E-state index in [1.165, 1.54) is 6.92 Å². The van der Waals surface area contributed by atoms with E-state index >= 15 is 0 Å². The van der Waals surface area contributed by atoms with Gasteiger partial charge in [-0.1, -0.05) is 13.0 Å². The molecule has 0 saturated heterocycles. The first-order valence-corrected chi connectivity index (χ1v) is 11.7. The molecule has 0 saturated carbocycles. The molecule has 2 N–H and O–H groups in total. The van der Waals surface area contributed by atoms with Crippen molar-refractivity contribution in [3.63, 3.8) is 0 Å². The number of carbonyl (C=O) groups excluding carboxylic acids is 1. The summed E-state index contributed by atoms with van der Waals surface area (Å²) < 4.78 is 33.1. The summed E-state index contributed by atoms with van der Waals surface area (Å²) in [6, 6.07) is 0. The maximum absolute atomic E-state index is 12.1. The van der Waals surface area contributed by atoms with Crippen molar-refractivity contribution < 1.29 is 22.3 Å². The van der Waals surface area contributed by atoms with E-state index in [4.69, 9.17) is 18.4 Å². The van der Waals surface area contributed by atoms with E-state index < -0.39 is 24.6 Å². The highest BCUT2D eigenvalue weighted by molar-refractivity contribution is 7.91. The molecule has 0 fully saturated rings. The third-order valence-electron chi connectivity index (χ3n) is 3.12. The first kappa shape index (κ1) is 23.4. The molecule has 9 heteroatoms. The summed E-state index contributed by atoms with van der Waals surface area (Å²) in [5.41, 5.74) is 0. The molecule has 0 aliphatic carbocycles. The fourth-order valence-electron chi connectivity index (χ4n) is 2.27. The van der Waals surface area contributed by atoms with Crippen molar-refractivity contribution in [1.82, 2.24) is 0 Å². The first-order chi connectivity index (χ1) is 11.1. The molecule has 0 heterocycles. The zero-order valence-electron chi connectivity index (χ0n) is 15.7. The van der Waals surface area contributed by atoms with Crippen LogP contribution in [0.15, 0.2) is 15.6 Å². The van der Waals surface area contributed by atoms with E-state index in [1.54, 1.807) is 0 Å². The number of hydrogen-bond acceptors (Lipinski definition) is 5. The minimum atomic E-state index is -2.98. The van der Waals surface area contributed by atoms with E-state index in [0.29, 0.717) is 26.2 Å². The van der Waals surface area contributed by atoms with Gasteiger partial charge < -0.3 is 13.3 Å². The Balaban J connectivity index is 5.14. The Bertz CT molecular complexity index is 527. The Morgan fingerprint density at radius 2 is 1.62 bits per heavy atom. The van der Waals surface area contributed by atoms with Gasteiger partial charge in [0.15, 0.2) is 0 Å². The highest BCUT2D eigenvalue weighted by atomic mass is 32.2. The molecule has 1 amide bonds. The van der Waals surface area contributed by atoms with Gasteiger partial charge in [0.25, 0.3) is 5.91 Å². The molecule has 0 bridgehead atoms. The summed E-state index contributed by atoms with van der Waals surface area (Å²) in [5.74, 6) is -0.364. The summed E-state index contributed by atoms with van der Waals surface area (Å²) in [4.78, 5) is 11.0. The second-order valence-electron chi connectivity index (χ2n) is 5.55. The van der Waals surface area contributed by atoms with Crippen molar-refractivity contribution in [3.8, 4) is 0 Å². The van der Waals surface area contributed by atoms with Crippen LogP contribution in [0, 0.1) is 5.92 Å². The second-order valence-corrected chi connectivity index (χ2v) is 10.2. The number of allylic oxidation sites excluding steroid dienone is 2. The first-order valence-electron chi connectivity index (χ1n) is 8.24. The van der Waals surface area contributed by atoms with Crippen molar-refractivity contribution in [3.05, 3.63) is 11.3 Å². The van der Waals surface area contributed by atoms with E-state index in [0.717, 1.165) is 5.20 Å². The van der Waals surface area contributed by atoms with Gasteiger partial charge in [-0.15, -0.1) is 4.36 Å². The van der Waals surface area contributed by atoms with Crippen LogP contribution in [-0.4, -0.2) is 44.5 Å². The van der Waals surface area contributed by atoms with Gasteiger partial charge in [-0.25, -0.2) is 9.35 Å². The summed E-state index contributed by atoms with van der Waals surface area (Å²) in [7, 11) is -5.85. The Labute approximate surface area is 147 Å².